The quantitative estimate of drug-likeness (QED) is 0.704. The van der Waals surface area contributed by atoms with Crippen LogP contribution >= 0.6 is 0 Å². The Morgan fingerprint density at radius 1 is 1.19 bits per heavy atom. The van der Waals surface area contributed by atoms with Gasteiger partial charge in [-0.05, 0) is 37.1 Å². The maximum Gasteiger partial charge on any atom is 0.228 e. The van der Waals surface area contributed by atoms with Crippen LogP contribution in [0, 0.1) is 17.6 Å². The second-order valence-corrected chi connectivity index (χ2v) is 8.64. The average molecular weight is 446 g/mol. The number of benzene rings is 1. The van der Waals surface area contributed by atoms with Gasteiger partial charge in [-0.25, -0.2) is 8.78 Å². The number of hydrogen-bond acceptors (Lipinski definition) is 6. The predicted molar refractivity (Wildman–Crippen MR) is 114 cm³/mol. The van der Waals surface area contributed by atoms with Gasteiger partial charge in [-0.2, -0.15) is 5.10 Å². The lowest BCUT2D eigenvalue weighted by molar-refractivity contribution is -0.161. The fourth-order valence-corrected chi connectivity index (χ4v) is 4.82. The van der Waals surface area contributed by atoms with E-state index < -0.39 is 29.1 Å². The Balaban J connectivity index is 1.62. The van der Waals surface area contributed by atoms with Gasteiger partial charge < -0.3 is 19.3 Å². The number of methoxy groups -OCH3 is 2. The van der Waals surface area contributed by atoms with E-state index in [0.29, 0.717) is 44.0 Å². The standard InChI is InChI=1S/C23H28F2N4O3/c1-23(32-3)8-10-28(14-20(23)31-2)22(30)18-13-29(21-5-4-9-26-27-21)12-17(18)16-7-6-15(24)11-19(16)25/h4-7,9,11,17-18,20H,8,10,12-14H2,1-3H3/t17-,18+,20-,23+/m0/s1. The van der Waals surface area contributed by atoms with E-state index in [1.165, 1.54) is 12.1 Å². The SMILES string of the molecule is CO[C@H]1CN(C(=O)[C@@H]2CN(c3cccnn3)C[C@H]2c2ccc(F)cc2F)CC[C@@]1(C)OC. The lowest BCUT2D eigenvalue weighted by Gasteiger charge is -2.44. The van der Waals surface area contributed by atoms with E-state index in [-0.39, 0.29) is 12.0 Å². The number of amides is 1. The van der Waals surface area contributed by atoms with Gasteiger partial charge in [0.25, 0.3) is 0 Å². The van der Waals surface area contributed by atoms with E-state index >= 15 is 0 Å². The number of carbonyl (C=O) groups excluding carboxylic acids is 1. The number of likely N-dealkylation sites (tertiary alicyclic amines) is 1. The number of nitrogens with zero attached hydrogens (tertiary/aromatic N) is 4. The summed E-state index contributed by atoms with van der Waals surface area (Å²) < 4.78 is 39.6. The molecule has 3 heterocycles. The van der Waals surface area contributed by atoms with Gasteiger partial charge in [-0.1, -0.05) is 6.07 Å². The van der Waals surface area contributed by atoms with Crippen LogP contribution in [0.1, 0.15) is 24.8 Å². The van der Waals surface area contributed by atoms with Crippen molar-refractivity contribution in [2.45, 2.75) is 31.0 Å². The molecule has 0 saturated carbocycles. The summed E-state index contributed by atoms with van der Waals surface area (Å²) in [6.07, 6.45) is 1.93. The molecule has 0 bridgehead atoms. The molecule has 2 fully saturated rings. The molecule has 4 atom stereocenters. The minimum absolute atomic E-state index is 0.0784. The molecule has 0 radical (unpaired) electrons. The Morgan fingerprint density at radius 3 is 2.66 bits per heavy atom. The molecule has 2 aromatic rings. The van der Waals surface area contributed by atoms with Gasteiger partial charge in [0.2, 0.25) is 5.91 Å². The third-order valence-corrected chi connectivity index (χ3v) is 6.89. The Bertz CT molecular complexity index is 964. The Morgan fingerprint density at radius 2 is 2.00 bits per heavy atom. The second kappa shape index (κ2) is 9.07. The Kier molecular flexibility index (Phi) is 6.39. The van der Waals surface area contributed by atoms with E-state index in [1.807, 2.05) is 17.9 Å². The van der Waals surface area contributed by atoms with Gasteiger partial charge in [0.15, 0.2) is 5.82 Å². The van der Waals surface area contributed by atoms with Crippen molar-refractivity contribution in [1.29, 1.82) is 0 Å². The summed E-state index contributed by atoms with van der Waals surface area (Å²) in [6, 6.07) is 7.12. The molecule has 1 amide bonds. The molecule has 0 unspecified atom stereocenters. The molecule has 0 spiro atoms. The molecule has 2 aliphatic heterocycles. The molecule has 0 N–H and O–H groups in total. The molecule has 7 nitrogen and oxygen atoms in total. The fourth-order valence-electron chi connectivity index (χ4n) is 4.82. The summed E-state index contributed by atoms with van der Waals surface area (Å²) in [5.74, 6) is -1.70. The third-order valence-electron chi connectivity index (χ3n) is 6.89. The maximum atomic E-state index is 14.7. The minimum Gasteiger partial charge on any atom is -0.377 e. The Hall–Kier alpha value is -2.65. The van der Waals surface area contributed by atoms with Crippen molar-refractivity contribution in [3.63, 3.8) is 0 Å². The molecule has 32 heavy (non-hydrogen) atoms. The van der Waals surface area contributed by atoms with Crippen molar-refractivity contribution >= 4 is 11.7 Å². The van der Waals surface area contributed by atoms with Gasteiger partial charge in [-0.3, -0.25) is 4.79 Å². The highest BCUT2D eigenvalue weighted by Crippen LogP contribution is 2.38. The molecular formula is C23H28F2N4O3. The highest BCUT2D eigenvalue weighted by Gasteiger charge is 2.46. The Labute approximate surface area is 186 Å². The zero-order chi connectivity index (χ0) is 22.9. The molecule has 2 aliphatic rings. The molecule has 172 valence electrons. The summed E-state index contributed by atoms with van der Waals surface area (Å²) in [7, 11) is 3.25. The number of anilines is 1. The average Bonchev–Trinajstić information content (AvgIpc) is 3.24. The lowest BCUT2D eigenvalue weighted by atomic mass is 9.85. The highest BCUT2D eigenvalue weighted by atomic mass is 19.1. The number of rotatable bonds is 5. The maximum absolute atomic E-state index is 14.7. The second-order valence-electron chi connectivity index (χ2n) is 8.64. The van der Waals surface area contributed by atoms with Crippen LogP contribution < -0.4 is 4.90 Å². The first kappa shape index (κ1) is 22.5. The molecule has 2 saturated heterocycles. The van der Waals surface area contributed by atoms with Crippen LogP contribution in [0.15, 0.2) is 36.5 Å². The highest BCUT2D eigenvalue weighted by molar-refractivity contribution is 5.82. The van der Waals surface area contributed by atoms with Crippen LogP contribution in [-0.4, -0.2) is 73.1 Å². The van der Waals surface area contributed by atoms with Gasteiger partial charge in [0.1, 0.15) is 17.7 Å². The van der Waals surface area contributed by atoms with E-state index in [9.17, 15) is 13.6 Å². The van der Waals surface area contributed by atoms with Crippen LogP contribution in [0.5, 0.6) is 0 Å². The number of aromatic nitrogens is 2. The number of halogens is 2. The first-order valence-electron chi connectivity index (χ1n) is 10.7. The van der Waals surface area contributed by atoms with Gasteiger partial charge >= 0.3 is 0 Å². The van der Waals surface area contributed by atoms with Crippen LogP contribution in [0.25, 0.3) is 0 Å². The molecule has 0 aliphatic carbocycles. The van der Waals surface area contributed by atoms with Crippen LogP contribution in [-0.2, 0) is 14.3 Å². The molecule has 4 rings (SSSR count). The van der Waals surface area contributed by atoms with Crippen LogP contribution in [0.4, 0.5) is 14.6 Å². The van der Waals surface area contributed by atoms with Crippen molar-refractivity contribution in [2.75, 3.05) is 45.3 Å². The van der Waals surface area contributed by atoms with Crippen molar-refractivity contribution in [3.8, 4) is 0 Å². The molecule has 1 aromatic heterocycles. The number of hydrogen-bond donors (Lipinski definition) is 0. The van der Waals surface area contributed by atoms with Gasteiger partial charge in [-0.15, -0.1) is 5.10 Å². The molecular weight excluding hydrogens is 418 g/mol. The molecule has 1 aromatic carbocycles. The summed E-state index contributed by atoms with van der Waals surface area (Å²) >= 11 is 0. The minimum atomic E-state index is -0.644. The normalized spacial score (nSPS) is 28.2. The van der Waals surface area contributed by atoms with E-state index in [0.717, 1.165) is 6.07 Å². The largest absolute Gasteiger partial charge is 0.377 e. The van der Waals surface area contributed by atoms with Crippen molar-refractivity contribution in [3.05, 3.63) is 53.7 Å². The predicted octanol–water partition coefficient (Wildman–Crippen LogP) is 2.63. The fraction of sp³-hybridized carbons (Fsp3) is 0.522. The van der Waals surface area contributed by atoms with Crippen LogP contribution in [0.3, 0.4) is 0 Å². The first-order chi connectivity index (χ1) is 15.4. The zero-order valence-electron chi connectivity index (χ0n) is 18.5. The van der Waals surface area contributed by atoms with Gasteiger partial charge in [0.05, 0.1) is 11.5 Å². The van der Waals surface area contributed by atoms with E-state index in [1.54, 1.807) is 31.4 Å². The summed E-state index contributed by atoms with van der Waals surface area (Å²) in [5.41, 5.74) is -0.145. The topological polar surface area (TPSA) is 67.8 Å². The zero-order valence-corrected chi connectivity index (χ0v) is 18.5. The van der Waals surface area contributed by atoms with Crippen molar-refractivity contribution in [1.82, 2.24) is 15.1 Å². The number of piperidine rings is 1. The lowest BCUT2D eigenvalue weighted by Crippen LogP contribution is -2.58. The summed E-state index contributed by atoms with van der Waals surface area (Å²) in [5, 5.41) is 8.07. The van der Waals surface area contributed by atoms with Crippen molar-refractivity contribution < 1.29 is 23.0 Å². The van der Waals surface area contributed by atoms with E-state index in [4.69, 9.17) is 9.47 Å². The van der Waals surface area contributed by atoms with Crippen molar-refractivity contribution in [2.24, 2.45) is 5.92 Å². The molecule has 9 heteroatoms. The van der Waals surface area contributed by atoms with Gasteiger partial charge in [0, 0.05) is 58.6 Å². The monoisotopic (exact) mass is 446 g/mol. The smallest absolute Gasteiger partial charge is 0.228 e. The summed E-state index contributed by atoms with van der Waals surface area (Å²) in [4.78, 5) is 17.4. The first-order valence-corrected chi connectivity index (χ1v) is 10.7. The number of carbonyl (C=O) groups is 1. The third kappa shape index (κ3) is 4.19. The summed E-state index contributed by atoms with van der Waals surface area (Å²) in [6.45, 7) is 3.64. The van der Waals surface area contributed by atoms with Crippen LogP contribution in [0.2, 0.25) is 0 Å². The number of ether oxygens (including phenoxy) is 2. The van der Waals surface area contributed by atoms with E-state index in [2.05, 4.69) is 10.2 Å².